The largest absolute Gasteiger partial charge is 0.468 e. The van der Waals surface area contributed by atoms with E-state index in [9.17, 15) is 0 Å². The van der Waals surface area contributed by atoms with E-state index in [4.69, 9.17) is 4.42 Å². The highest BCUT2D eigenvalue weighted by Gasteiger charge is 2.31. The summed E-state index contributed by atoms with van der Waals surface area (Å²) < 4.78 is 6.74. The molecular formula is C13H20BrNO. The average Bonchev–Trinajstić information content (AvgIpc) is 2.82. The molecule has 2 rings (SSSR count). The van der Waals surface area contributed by atoms with Crippen LogP contribution in [0.2, 0.25) is 0 Å². The maximum Gasteiger partial charge on any atom is 0.121 e. The van der Waals surface area contributed by atoms with Crippen LogP contribution < -0.4 is 5.32 Å². The first-order valence-corrected chi connectivity index (χ1v) is 6.94. The van der Waals surface area contributed by atoms with Crippen LogP contribution in [0.5, 0.6) is 0 Å². The van der Waals surface area contributed by atoms with E-state index in [1.165, 1.54) is 19.3 Å². The Hall–Kier alpha value is -0.280. The molecule has 0 saturated heterocycles. The fourth-order valence-corrected chi connectivity index (χ4v) is 3.08. The third-order valence-electron chi connectivity index (χ3n) is 3.43. The lowest BCUT2D eigenvalue weighted by molar-refractivity contribution is 0.369. The van der Waals surface area contributed by atoms with E-state index in [0.29, 0.717) is 12.0 Å². The van der Waals surface area contributed by atoms with Gasteiger partial charge in [0.2, 0.25) is 0 Å². The molecule has 1 aliphatic rings. The van der Waals surface area contributed by atoms with Gasteiger partial charge in [-0.05, 0) is 47.3 Å². The summed E-state index contributed by atoms with van der Waals surface area (Å²) in [4.78, 5) is 0. The minimum atomic E-state index is 0.571. The monoisotopic (exact) mass is 285 g/mol. The Morgan fingerprint density at radius 2 is 2.31 bits per heavy atom. The zero-order valence-corrected chi connectivity index (χ0v) is 11.6. The highest BCUT2D eigenvalue weighted by atomic mass is 79.9. The van der Waals surface area contributed by atoms with Crippen LogP contribution in [0.1, 0.15) is 44.8 Å². The smallest absolute Gasteiger partial charge is 0.121 e. The normalized spacial score (nSPS) is 25.5. The molecule has 1 N–H and O–H groups in total. The summed E-state index contributed by atoms with van der Waals surface area (Å²) in [6, 6.07) is 2.57. The van der Waals surface area contributed by atoms with Crippen molar-refractivity contribution >= 4 is 15.9 Å². The predicted octanol–water partition coefficient (Wildman–Crippen LogP) is 3.92. The van der Waals surface area contributed by atoms with Gasteiger partial charge in [0.05, 0.1) is 10.7 Å². The SMILES string of the molecule is CC(C)NCC1CCCC1c1occc1Br. The van der Waals surface area contributed by atoms with E-state index in [1.54, 1.807) is 6.26 Å². The van der Waals surface area contributed by atoms with Crippen LogP contribution in [0.15, 0.2) is 21.2 Å². The zero-order valence-electron chi connectivity index (χ0n) is 10.0. The highest BCUT2D eigenvalue weighted by Crippen LogP contribution is 2.42. The summed E-state index contributed by atoms with van der Waals surface area (Å²) >= 11 is 3.57. The Balaban J connectivity index is 2.01. The number of hydrogen-bond acceptors (Lipinski definition) is 2. The van der Waals surface area contributed by atoms with Crippen molar-refractivity contribution in [2.24, 2.45) is 5.92 Å². The molecular weight excluding hydrogens is 266 g/mol. The fourth-order valence-electron chi connectivity index (χ4n) is 2.58. The first-order chi connectivity index (χ1) is 7.68. The summed E-state index contributed by atoms with van der Waals surface area (Å²) in [5.74, 6) is 2.47. The Morgan fingerprint density at radius 3 is 2.94 bits per heavy atom. The predicted molar refractivity (Wildman–Crippen MR) is 69.6 cm³/mol. The maximum absolute atomic E-state index is 5.61. The third-order valence-corrected chi connectivity index (χ3v) is 4.08. The number of halogens is 1. The lowest BCUT2D eigenvalue weighted by Gasteiger charge is -2.20. The topological polar surface area (TPSA) is 25.2 Å². The van der Waals surface area contributed by atoms with Gasteiger partial charge in [0, 0.05) is 12.0 Å². The van der Waals surface area contributed by atoms with Crippen LogP contribution in [-0.4, -0.2) is 12.6 Å². The molecule has 2 nitrogen and oxygen atoms in total. The van der Waals surface area contributed by atoms with Crippen LogP contribution >= 0.6 is 15.9 Å². The lowest BCUT2D eigenvalue weighted by Crippen LogP contribution is -2.30. The molecule has 1 fully saturated rings. The second kappa shape index (κ2) is 5.37. The molecule has 0 bridgehead atoms. The highest BCUT2D eigenvalue weighted by molar-refractivity contribution is 9.10. The quantitative estimate of drug-likeness (QED) is 0.907. The molecule has 0 aromatic carbocycles. The molecule has 2 atom stereocenters. The van der Waals surface area contributed by atoms with E-state index >= 15 is 0 Å². The Kier molecular flexibility index (Phi) is 4.09. The van der Waals surface area contributed by atoms with Crippen molar-refractivity contribution in [3.8, 4) is 0 Å². The molecule has 0 aliphatic heterocycles. The standard InChI is InChI=1S/C13H20BrNO/c1-9(2)15-8-10-4-3-5-11(10)13-12(14)6-7-16-13/h6-7,9-11,15H,3-5,8H2,1-2H3. The van der Waals surface area contributed by atoms with Gasteiger partial charge >= 0.3 is 0 Å². The van der Waals surface area contributed by atoms with Gasteiger partial charge in [-0.15, -0.1) is 0 Å². The van der Waals surface area contributed by atoms with Gasteiger partial charge in [-0.2, -0.15) is 0 Å². The molecule has 16 heavy (non-hydrogen) atoms. The van der Waals surface area contributed by atoms with Crippen molar-refractivity contribution in [1.82, 2.24) is 5.32 Å². The van der Waals surface area contributed by atoms with Gasteiger partial charge in [0.1, 0.15) is 5.76 Å². The number of furan rings is 1. The molecule has 1 aromatic rings. The van der Waals surface area contributed by atoms with E-state index in [1.807, 2.05) is 6.07 Å². The first kappa shape index (κ1) is 12.2. The Morgan fingerprint density at radius 1 is 1.50 bits per heavy atom. The summed E-state index contributed by atoms with van der Waals surface area (Å²) in [5.41, 5.74) is 0. The molecule has 3 heteroatoms. The van der Waals surface area contributed by atoms with Crippen molar-refractivity contribution in [1.29, 1.82) is 0 Å². The minimum absolute atomic E-state index is 0.571. The minimum Gasteiger partial charge on any atom is -0.468 e. The zero-order chi connectivity index (χ0) is 11.5. The summed E-state index contributed by atoms with van der Waals surface area (Å²) in [6.45, 7) is 5.51. The molecule has 0 amide bonds. The van der Waals surface area contributed by atoms with Gasteiger partial charge in [-0.1, -0.05) is 20.3 Å². The van der Waals surface area contributed by atoms with E-state index in [0.717, 1.165) is 22.7 Å². The Labute approximate surface area is 106 Å². The van der Waals surface area contributed by atoms with E-state index < -0.39 is 0 Å². The third kappa shape index (κ3) is 2.69. The average molecular weight is 286 g/mol. The van der Waals surface area contributed by atoms with Gasteiger partial charge in [0.15, 0.2) is 0 Å². The Bertz CT molecular complexity index is 334. The second-order valence-corrected chi connectivity index (χ2v) is 5.85. The molecule has 1 aromatic heterocycles. The number of nitrogens with one attached hydrogen (secondary N) is 1. The summed E-state index contributed by atoms with van der Waals surface area (Å²) in [5, 5.41) is 3.54. The van der Waals surface area contributed by atoms with Crippen molar-refractivity contribution in [3.63, 3.8) is 0 Å². The molecule has 2 unspecified atom stereocenters. The van der Waals surface area contributed by atoms with Gasteiger partial charge < -0.3 is 9.73 Å². The van der Waals surface area contributed by atoms with Gasteiger partial charge in [-0.3, -0.25) is 0 Å². The van der Waals surface area contributed by atoms with E-state index in [2.05, 4.69) is 35.1 Å². The molecule has 0 radical (unpaired) electrons. The molecule has 1 saturated carbocycles. The van der Waals surface area contributed by atoms with Crippen LogP contribution in [0, 0.1) is 5.92 Å². The maximum atomic E-state index is 5.61. The van der Waals surface area contributed by atoms with E-state index in [-0.39, 0.29) is 0 Å². The first-order valence-electron chi connectivity index (χ1n) is 6.14. The number of hydrogen-bond donors (Lipinski definition) is 1. The fraction of sp³-hybridized carbons (Fsp3) is 0.692. The second-order valence-electron chi connectivity index (χ2n) is 4.99. The van der Waals surface area contributed by atoms with Crippen molar-refractivity contribution in [2.45, 2.75) is 45.1 Å². The summed E-state index contributed by atoms with van der Waals surface area (Å²) in [6.07, 6.45) is 5.68. The van der Waals surface area contributed by atoms with Crippen LogP contribution in [-0.2, 0) is 0 Å². The molecule has 90 valence electrons. The van der Waals surface area contributed by atoms with Gasteiger partial charge in [0.25, 0.3) is 0 Å². The van der Waals surface area contributed by atoms with Crippen LogP contribution in [0.4, 0.5) is 0 Å². The van der Waals surface area contributed by atoms with Crippen molar-refractivity contribution < 1.29 is 4.42 Å². The molecule has 0 spiro atoms. The van der Waals surface area contributed by atoms with Gasteiger partial charge in [-0.25, -0.2) is 0 Å². The molecule has 1 heterocycles. The lowest BCUT2D eigenvalue weighted by atomic mass is 9.93. The molecule has 1 aliphatic carbocycles. The van der Waals surface area contributed by atoms with Crippen LogP contribution in [0.25, 0.3) is 0 Å². The summed E-state index contributed by atoms with van der Waals surface area (Å²) in [7, 11) is 0. The van der Waals surface area contributed by atoms with Crippen LogP contribution in [0.3, 0.4) is 0 Å². The number of rotatable bonds is 4. The van der Waals surface area contributed by atoms with Crippen molar-refractivity contribution in [3.05, 3.63) is 22.6 Å². The van der Waals surface area contributed by atoms with Crippen molar-refractivity contribution in [2.75, 3.05) is 6.54 Å².